The van der Waals surface area contributed by atoms with Gasteiger partial charge in [-0.3, -0.25) is 9.59 Å². The minimum Gasteiger partial charge on any atom is -0.508 e. The summed E-state index contributed by atoms with van der Waals surface area (Å²) in [5, 5.41) is 20.4. The molecule has 0 aliphatic rings. The summed E-state index contributed by atoms with van der Waals surface area (Å²) in [4.78, 5) is 22.5. The normalized spacial score (nSPS) is 9.88. The fraction of sp³-hybridized carbons (Fsp3) is 0.273. The van der Waals surface area contributed by atoms with Gasteiger partial charge < -0.3 is 15.5 Å². The molecule has 0 unspecified atom stereocenters. The second kappa shape index (κ2) is 5.27. The molecule has 16 heavy (non-hydrogen) atoms. The highest BCUT2D eigenvalue weighted by Gasteiger charge is 2.12. The monoisotopic (exact) mass is 223 g/mol. The summed E-state index contributed by atoms with van der Waals surface area (Å²) in [7, 11) is 0. The second-order valence-electron chi connectivity index (χ2n) is 3.31. The lowest BCUT2D eigenvalue weighted by molar-refractivity contribution is -0.114. The van der Waals surface area contributed by atoms with Crippen LogP contribution in [0.2, 0.25) is 0 Å². The second-order valence-corrected chi connectivity index (χ2v) is 3.31. The molecule has 5 nitrogen and oxygen atoms in total. The fourth-order valence-electron chi connectivity index (χ4n) is 1.30. The van der Waals surface area contributed by atoms with Gasteiger partial charge in [0.1, 0.15) is 5.75 Å². The van der Waals surface area contributed by atoms with E-state index in [0.717, 1.165) is 0 Å². The third kappa shape index (κ3) is 3.06. The Bertz CT molecular complexity index is 414. The first kappa shape index (κ1) is 12.2. The van der Waals surface area contributed by atoms with Crippen molar-refractivity contribution in [3.8, 4) is 5.75 Å². The SMILES string of the molecule is CC(=O)Nc1cc(O)ccc1C(=O)CCO. The summed E-state index contributed by atoms with van der Waals surface area (Å²) in [5.41, 5.74) is 0.535. The summed E-state index contributed by atoms with van der Waals surface area (Å²) in [6.45, 7) is 1.06. The minimum atomic E-state index is -0.330. The Balaban J connectivity index is 3.06. The molecule has 0 spiro atoms. The van der Waals surface area contributed by atoms with Crippen molar-refractivity contribution in [2.45, 2.75) is 13.3 Å². The zero-order valence-corrected chi connectivity index (χ0v) is 8.86. The first-order valence-electron chi connectivity index (χ1n) is 4.79. The summed E-state index contributed by atoms with van der Waals surface area (Å²) in [6, 6.07) is 4.07. The lowest BCUT2D eigenvalue weighted by Crippen LogP contribution is -2.11. The number of phenolic OH excluding ortho intramolecular Hbond substituents is 1. The lowest BCUT2D eigenvalue weighted by Gasteiger charge is -2.08. The number of hydrogen-bond acceptors (Lipinski definition) is 4. The molecule has 5 heteroatoms. The maximum absolute atomic E-state index is 11.6. The molecule has 0 radical (unpaired) electrons. The average Bonchev–Trinajstić information content (AvgIpc) is 2.16. The molecule has 1 rings (SSSR count). The van der Waals surface area contributed by atoms with Crippen molar-refractivity contribution in [1.82, 2.24) is 0 Å². The molecule has 0 heterocycles. The number of carbonyl (C=O) groups excluding carboxylic acids is 2. The van der Waals surface area contributed by atoms with Crippen molar-refractivity contribution in [2.24, 2.45) is 0 Å². The van der Waals surface area contributed by atoms with E-state index in [1.165, 1.54) is 25.1 Å². The van der Waals surface area contributed by atoms with Crippen molar-refractivity contribution in [3.05, 3.63) is 23.8 Å². The Hall–Kier alpha value is -1.88. The minimum absolute atomic E-state index is 0.0165. The molecule has 3 N–H and O–H groups in total. The van der Waals surface area contributed by atoms with E-state index in [2.05, 4.69) is 5.32 Å². The molecular weight excluding hydrogens is 210 g/mol. The van der Waals surface area contributed by atoms with E-state index in [1.807, 2.05) is 0 Å². The van der Waals surface area contributed by atoms with Crippen molar-refractivity contribution in [3.63, 3.8) is 0 Å². The number of hydrogen-bond donors (Lipinski definition) is 3. The zero-order chi connectivity index (χ0) is 12.1. The van der Waals surface area contributed by atoms with E-state index in [0.29, 0.717) is 0 Å². The van der Waals surface area contributed by atoms with Gasteiger partial charge in [0.2, 0.25) is 5.91 Å². The van der Waals surface area contributed by atoms with Crippen LogP contribution in [-0.4, -0.2) is 28.5 Å². The van der Waals surface area contributed by atoms with Crippen molar-refractivity contribution >= 4 is 17.4 Å². The van der Waals surface area contributed by atoms with Gasteiger partial charge in [-0.1, -0.05) is 0 Å². The highest BCUT2D eigenvalue weighted by atomic mass is 16.3. The first-order chi connectivity index (χ1) is 7.54. The third-order valence-corrected chi connectivity index (χ3v) is 1.95. The molecule has 0 atom stereocenters. The number of amides is 1. The molecule has 0 aromatic heterocycles. The Morgan fingerprint density at radius 2 is 2.06 bits per heavy atom. The van der Waals surface area contributed by atoms with Crippen molar-refractivity contribution < 1.29 is 19.8 Å². The molecule has 0 saturated carbocycles. The zero-order valence-electron chi connectivity index (χ0n) is 8.86. The van der Waals surface area contributed by atoms with Crippen molar-refractivity contribution in [2.75, 3.05) is 11.9 Å². The number of aliphatic hydroxyl groups excluding tert-OH is 1. The van der Waals surface area contributed by atoms with Crippen LogP contribution in [-0.2, 0) is 4.79 Å². The number of benzene rings is 1. The van der Waals surface area contributed by atoms with Crippen LogP contribution in [0.5, 0.6) is 5.75 Å². The van der Waals surface area contributed by atoms with Crippen molar-refractivity contribution in [1.29, 1.82) is 0 Å². The van der Waals surface area contributed by atoms with E-state index in [4.69, 9.17) is 5.11 Å². The highest BCUT2D eigenvalue weighted by Crippen LogP contribution is 2.22. The van der Waals surface area contributed by atoms with Gasteiger partial charge in [0.25, 0.3) is 0 Å². The number of carbonyl (C=O) groups is 2. The van der Waals surface area contributed by atoms with Crippen LogP contribution in [0.1, 0.15) is 23.7 Å². The van der Waals surface area contributed by atoms with Crippen LogP contribution in [0.3, 0.4) is 0 Å². The van der Waals surface area contributed by atoms with Gasteiger partial charge in [0.15, 0.2) is 5.78 Å². The molecule has 1 amide bonds. The number of Topliss-reactive ketones (excluding diaryl/α,β-unsaturated/α-hetero) is 1. The van der Waals surface area contributed by atoms with Gasteiger partial charge in [-0.25, -0.2) is 0 Å². The number of phenols is 1. The summed E-state index contributed by atoms with van der Waals surface area (Å²) in [6.07, 6.45) is -0.0165. The molecule has 0 fully saturated rings. The molecule has 86 valence electrons. The predicted octanol–water partition coefficient (Wildman–Crippen LogP) is 0.916. The van der Waals surface area contributed by atoms with Crippen LogP contribution in [0, 0.1) is 0 Å². The Morgan fingerprint density at radius 1 is 1.38 bits per heavy atom. The molecule has 1 aromatic carbocycles. The summed E-state index contributed by atoms with van der Waals surface area (Å²) < 4.78 is 0. The van der Waals surface area contributed by atoms with Gasteiger partial charge in [0.05, 0.1) is 12.3 Å². The number of nitrogens with one attached hydrogen (secondary N) is 1. The fourth-order valence-corrected chi connectivity index (χ4v) is 1.30. The molecule has 0 aliphatic heterocycles. The number of ketones is 1. The van der Waals surface area contributed by atoms with E-state index < -0.39 is 0 Å². The number of rotatable bonds is 4. The van der Waals surface area contributed by atoms with E-state index in [9.17, 15) is 14.7 Å². The van der Waals surface area contributed by atoms with E-state index in [-0.39, 0.29) is 41.7 Å². The standard InChI is InChI=1S/C11H13NO4/c1-7(14)12-10-6-8(15)2-3-9(10)11(16)4-5-13/h2-3,6,13,15H,4-5H2,1H3,(H,12,14). The lowest BCUT2D eigenvalue weighted by atomic mass is 10.1. The molecule has 0 aliphatic carbocycles. The van der Waals surface area contributed by atoms with Gasteiger partial charge in [0, 0.05) is 25.0 Å². The first-order valence-corrected chi connectivity index (χ1v) is 4.79. The maximum atomic E-state index is 11.6. The topological polar surface area (TPSA) is 86.6 Å². The molecule has 0 saturated heterocycles. The number of aliphatic hydroxyl groups is 1. The highest BCUT2D eigenvalue weighted by molar-refractivity contribution is 6.04. The van der Waals surface area contributed by atoms with E-state index in [1.54, 1.807) is 0 Å². The summed E-state index contributed by atoms with van der Waals surface area (Å²) in [5.74, 6) is -0.654. The molecule has 0 bridgehead atoms. The third-order valence-electron chi connectivity index (χ3n) is 1.95. The quantitative estimate of drug-likeness (QED) is 0.662. The maximum Gasteiger partial charge on any atom is 0.221 e. The van der Waals surface area contributed by atoms with Gasteiger partial charge in [-0.05, 0) is 12.1 Å². The van der Waals surface area contributed by atoms with E-state index >= 15 is 0 Å². The summed E-state index contributed by atoms with van der Waals surface area (Å²) >= 11 is 0. The Morgan fingerprint density at radius 3 is 2.62 bits per heavy atom. The largest absolute Gasteiger partial charge is 0.508 e. The van der Waals surface area contributed by atoms with Crippen LogP contribution < -0.4 is 5.32 Å². The van der Waals surface area contributed by atoms with Crippen LogP contribution in [0.25, 0.3) is 0 Å². The van der Waals surface area contributed by atoms with Crippen LogP contribution in [0.15, 0.2) is 18.2 Å². The number of anilines is 1. The Labute approximate surface area is 92.7 Å². The van der Waals surface area contributed by atoms with Gasteiger partial charge >= 0.3 is 0 Å². The Kier molecular flexibility index (Phi) is 4.02. The molecular formula is C11H13NO4. The molecule has 1 aromatic rings. The average molecular weight is 223 g/mol. The van der Waals surface area contributed by atoms with Gasteiger partial charge in [-0.15, -0.1) is 0 Å². The predicted molar refractivity (Wildman–Crippen MR) is 58.4 cm³/mol. The van der Waals surface area contributed by atoms with Gasteiger partial charge in [-0.2, -0.15) is 0 Å². The van der Waals surface area contributed by atoms with Crippen LogP contribution in [0.4, 0.5) is 5.69 Å². The number of aromatic hydroxyl groups is 1. The van der Waals surface area contributed by atoms with Crippen LogP contribution >= 0.6 is 0 Å². The smallest absolute Gasteiger partial charge is 0.221 e.